The van der Waals surface area contributed by atoms with Crippen LogP contribution in [0.2, 0.25) is 0 Å². The SMILES string of the molecule is CC(=O)N1CCN(Cc2cnc(S(=O)(=O)C(C)C)n2CCc2ccccc2)CC1. The molecule has 0 aliphatic carbocycles. The molecule has 1 aromatic carbocycles. The highest BCUT2D eigenvalue weighted by atomic mass is 32.2. The molecule has 158 valence electrons. The van der Waals surface area contributed by atoms with Gasteiger partial charge in [-0.2, -0.15) is 0 Å². The lowest BCUT2D eigenvalue weighted by Gasteiger charge is -2.34. The number of imidazole rings is 1. The van der Waals surface area contributed by atoms with Crippen LogP contribution in [0.3, 0.4) is 0 Å². The van der Waals surface area contributed by atoms with E-state index in [1.165, 1.54) is 0 Å². The van der Waals surface area contributed by atoms with Crippen LogP contribution in [-0.4, -0.2) is 65.1 Å². The lowest BCUT2D eigenvalue weighted by Crippen LogP contribution is -2.47. The Kier molecular flexibility index (Phi) is 6.74. The third kappa shape index (κ3) is 5.05. The van der Waals surface area contributed by atoms with Gasteiger partial charge in [0.2, 0.25) is 20.9 Å². The minimum Gasteiger partial charge on any atom is -0.340 e. The smallest absolute Gasteiger partial charge is 0.228 e. The van der Waals surface area contributed by atoms with Gasteiger partial charge in [-0.1, -0.05) is 30.3 Å². The monoisotopic (exact) mass is 418 g/mol. The van der Waals surface area contributed by atoms with Gasteiger partial charge in [-0.05, 0) is 25.8 Å². The molecule has 0 saturated carbocycles. The molecular formula is C21H30N4O3S. The quantitative estimate of drug-likeness (QED) is 0.687. The van der Waals surface area contributed by atoms with Gasteiger partial charge in [-0.25, -0.2) is 13.4 Å². The molecule has 1 amide bonds. The molecule has 0 N–H and O–H groups in total. The number of carbonyl (C=O) groups excluding carboxylic acids is 1. The Morgan fingerprint density at radius 3 is 2.34 bits per heavy atom. The number of benzene rings is 1. The van der Waals surface area contributed by atoms with Crippen LogP contribution in [0.25, 0.3) is 0 Å². The van der Waals surface area contributed by atoms with Crippen LogP contribution in [0.4, 0.5) is 0 Å². The zero-order valence-electron chi connectivity index (χ0n) is 17.4. The summed E-state index contributed by atoms with van der Waals surface area (Å²) in [5.41, 5.74) is 2.06. The second kappa shape index (κ2) is 9.09. The van der Waals surface area contributed by atoms with Crippen molar-refractivity contribution in [3.63, 3.8) is 0 Å². The van der Waals surface area contributed by atoms with Gasteiger partial charge in [-0.15, -0.1) is 0 Å². The van der Waals surface area contributed by atoms with Crippen molar-refractivity contribution in [3.05, 3.63) is 47.8 Å². The van der Waals surface area contributed by atoms with E-state index < -0.39 is 15.1 Å². The van der Waals surface area contributed by atoms with Crippen molar-refractivity contribution in [2.45, 2.75) is 50.7 Å². The fourth-order valence-electron chi connectivity index (χ4n) is 3.53. The lowest BCUT2D eigenvalue weighted by atomic mass is 10.1. The van der Waals surface area contributed by atoms with Gasteiger partial charge in [0.05, 0.1) is 17.1 Å². The molecule has 3 rings (SSSR count). The van der Waals surface area contributed by atoms with E-state index in [0.29, 0.717) is 26.2 Å². The molecule has 2 heterocycles. The zero-order valence-corrected chi connectivity index (χ0v) is 18.2. The van der Waals surface area contributed by atoms with Crippen LogP contribution in [-0.2, 0) is 34.1 Å². The molecule has 7 nitrogen and oxygen atoms in total. The summed E-state index contributed by atoms with van der Waals surface area (Å²) in [6, 6.07) is 10.1. The van der Waals surface area contributed by atoms with E-state index in [9.17, 15) is 13.2 Å². The summed E-state index contributed by atoms with van der Waals surface area (Å²) in [6.45, 7) is 9.10. The molecule has 8 heteroatoms. The second-order valence-electron chi connectivity index (χ2n) is 7.80. The second-order valence-corrected chi connectivity index (χ2v) is 10.2. The van der Waals surface area contributed by atoms with E-state index in [2.05, 4.69) is 9.88 Å². The lowest BCUT2D eigenvalue weighted by molar-refractivity contribution is -0.130. The number of sulfone groups is 1. The van der Waals surface area contributed by atoms with Crippen molar-refractivity contribution < 1.29 is 13.2 Å². The topological polar surface area (TPSA) is 75.5 Å². The third-order valence-corrected chi connectivity index (χ3v) is 7.52. The first-order valence-electron chi connectivity index (χ1n) is 10.1. The minimum atomic E-state index is -3.47. The highest BCUT2D eigenvalue weighted by Gasteiger charge is 2.28. The predicted molar refractivity (Wildman–Crippen MR) is 112 cm³/mol. The van der Waals surface area contributed by atoms with Crippen molar-refractivity contribution in [1.82, 2.24) is 19.4 Å². The fourth-order valence-corrected chi connectivity index (χ4v) is 4.67. The maximum absolute atomic E-state index is 12.8. The molecule has 1 aliphatic heterocycles. The summed E-state index contributed by atoms with van der Waals surface area (Å²) < 4.78 is 27.6. The van der Waals surface area contributed by atoms with Crippen LogP contribution < -0.4 is 0 Å². The largest absolute Gasteiger partial charge is 0.340 e. The van der Waals surface area contributed by atoms with Gasteiger partial charge < -0.3 is 9.47 Å². The molecular weight excluding hydrogens is 388 g/mol. The van der Waals surface area contributed by atoms with Crippen molar-refractivity contribution in [2.24, 2.45) is 0 Å². The van der Waals surface area contributed by atoms with Crippen LogP contribution in [0.15, 0.2) is 41.7 Å². The van der Waals surface area contributed by atoms with E-state index in [1.54, 1.807) is 27.0 Å². The average molecular weight is 419 g/mol. The Morgan fingerprint density at radius 1 is 1.10 bits per heavy atom. The summed E-state index contributed by atoms with van der Waals surface area (Å²) in [4.78, 5) is 20.0. The van der Waals surface area contributed by atoms with Crippen molar-refractivity contribution in [3.8, 4) is 0 Å². The maximum Gasteiger partial charge on any atom is 0.228 e. The number of piperazine rings is 1. The molecule has 0 unspecified atom stereocenters. The van der Waals surface area contributed by atoms with Crippen molar-refractivity contribution in [2.75, 3.05) is 26.2 Å². The summed E-state index contributed by atoms with van der Waals surface area (Å²) in [5.74, 6) is 0.0999. The molecule has 1 saturated heterocycles. The Balaban J connectivity index is 1.81. The van der Waals surface area contributed by atoms with Crippen molar-refractivity contribution in [1.29, 1.82) is 0 Å². The van der Waals surface area contributed by atoms with Gasteiger partial charge in [0, 0.05) is 46.2 Å². The number of nitrogens with zero attached hydrogens (tertiary/aromatic N) is 4. The van der Waals surface area contributed by atoms with E-state index in [1.807, 2.05) is 39.8 Å². The Morgan fingerprint density at radius 2 is 1.76 bits per heavy atom. The highest BCUT2D eigenvalue weighted by molar-refractivity contribution is 7.91. The Hall–Kier alpha value is -2.19. The Labute approximate surface area is 173 Å². The molecule has 0 atom stereocenters. The number of hydrogen-bond donors (Lipinski definition) is 0. The van der Waals surface area contributed by atoms with E-state index >= 15 is 0 Å². The predicted octanol–water partition coefficient (Wildman–Crippen LogP) is 1.97. The first-order chi connectivity index (χ1) is 13.8. The third-order valence-electron chi connectivity index (χ3n) is 5.45. The van der Waals surface area contributed by atoms with E-state index in [0.717, 1.165) is 30.8 Å². The number of amides is 1. The van der Waals surface area contributed by atoms with E-state index in [4.69, 9.17) is 0 Å². The molecule has 0 bridgehead atoms. The number of aromatic nitrogens is 2. The summed E-state index contributed by atoms with van der Waals surface area (Å²) in [5, 5.41) is -0.367. The van der Waals surface area contributed by atoms with Crippen LogP contribution in [0.5, 0.6) is 0 Å². The molecule has 0 spiro atoms. The van der Waals surface area contributed by atoms with Gasteiger partial charge in [-0.3, -0.25) is 9.69 Å². The maximum atomic E-state index is 12.8. The van der Waals surface area contributed by atoms with Crippen LogP contribution >= 0.6 is 0 Å². The average Bonchev–Trinajstić information content (AvgIpc) is 3.10. The first-order valence-corrected chi connectivity index (χ1v) is 11.6. The number of rotatable bonds is 7. The summed E-state index contributed by atoms with van der Waals surface area (Å²) in [7, 11) is -3.47. The highest BCUT2D eigenvalue weighted by Crippen LogP contribution is 2.20. The Bertz CT molecular complexity index is 930. The fraction of sp³-hybridized carbons (Fsp3) is 0.524. The summed E-state index contributed by atoms with van der Waals surface area (Å²) >= 11 is 0. The van der Waals surface area contributed by atoms with Crippen molar-refractivity contribution >= 4 is 15.7 Å². The number of aryl methyl sites for hydroxylation is 1. The number of carbonyl (C=O) groups is 1. The van der Waals surface area contributed by atoms with Gasteiger partial charge >= 0.3 is 0 Å². The van der Waals surface area contributed by atoms with Gasteiger partial charge in [0.1, 0.15) is 0 Å². The normalized spacial score (nSPS) is 15.8. The zero-order chi connectivity index (χ0) is 21.0. The molecule has 29 heavy (non-hydrogen) atoms. The van der Waals surface area contributed by atoms with Gasteiger partial charge in [0.25, 0.3) is 0 Å². The van der Waals surface area contributed by atoms with Crippen LogP contribution in [0, 0.1) is 0 Å². The molecule has 0 radical (unpaired) electrons. The number of hydrogen-bond acceptors (Lipinski definition) is 5. The van der Waals surface area contributed by atoms with Crippen LogP contribution in [0.1, 0.15) is 32.0 Å². The molecule has 1 aromatic heterocycles. The first kappa shape index (κ1) is 21.5. The molecule has 1 aliphatic rings. The summed E-state index contributed by atoms with van der Waals surface area (Å²) in [6.07, 6.45) is 2.43. The standard InChI is InChI=1S/C21H30N4O3S/c1-17(2)29(27,28)21-22-15-20(16-23-11-13-24(14-12-23)18(3)26)25(21)10-9-19-7-5-4-6-8-19/h4-8,15,17H,9-14,16H2,1-3H3. The van der Waals surface area contributed by atoms with E-state index in [-0.39, 0.29) is 11.1 Å². The minimum absolute atomic E-state index is 0.0999. The van der Waals surface area contributed by atoms with Gasteiger partial charge in [0.15, 0.2) is 0 Å². The molecule has 1 fully saturated rings. The molecule has 2 aromatic rings.